The van der Waals surface area contributed by atoms with Crippen molar-refractivity contribution in [3.63, 3.8) is 0 Å². The fraction of sp³-hybridized carbons (Fsp3) is 0.545. The van der Waals surface area contributed by atoms with Gasteiger partial charge in [-0.1, -0.05) is 0 Å². The summed E-state index contributed by atoms with van der Waals surface area (Å²) in [6.07, 6.45) is 0.354. The maximum atomic E-state index is 11.5. The zero-order valence-corrected chi connectivity index (χ0v) is 9.70. The fourth-order valence-electron chi connectivity index (χ4n) is 1.39. The van der Waals surface area contributed by atoms with E-state index in [0.29, 0.717) is 12.1 Å². The van der Waals surface area contributed by atoms with Crippen LogP contribution in [0.3, 0.4) is 0 Å². The lowest BCUT2D eigenvalue weighted by Crippen LogP contribution is -2.13. The van der Waals surface area contributed by atoms with Gasteiger partial charge in [-0.05, 0) is 20.8 Å². The Hall–Kier alpha value is -1.65. The predicted molar refractivity (Wildman–Crippen MR) is 58.0 cm³/mol. The minimum absolute atomic E-state index is 0.0813. The van der Waals surface area contributed by atoms with Crippen LogP contribution in [0.1, 0.15) is 27.2 Å². The fourth-order valence-corrected chi connectivity index (χ4v) is 1.39. The molecule has 1 heterocycles. The molecule has 5 heteroatoms. The second kappa shape index (κ2) is 5.44. The van der Waals surface area contributed by atoms with Gasteiger partial charge in [0, 0.05) is 12.1 Å². The van der Waals surface area contributed by atoms with E-state index < -0.39 is 11.9 Å². The van der Waals surface area contributed by atoms with Gasteiger partial charge in [0.2, 0.25) is 0 Å². The number of esters is 2. The average Bonchev–Trinajstić information content (AvgIpc) is 2.61. The van der Waals surface area contributed by atoms with Gasteiger partial charge in [-0.2, -0.15) is 0 Å². The Bertz CT molecular complexity index is 368. The topological polar surface area (TPSA) is 65.0 Å². The molecule has 0 amide bonds. The molecule has 0 saturated heterocycles. The summed E-state index contributed by atoms with van der Waals surface area (Å²) < 4.78 is 9.68. The minimum atomic E-state index is -0.567. The van der Waals surface area contributed by atoms with Crippen molar-refractivity contribution >= 4 is 17.7 Å². The average molecular weight is 225 g/mol. The highest BCUT2D eigenvalue weighted by atomic mass is 16.5. The second-order valence-corrected chi connectivity index (χ2v) is 3.29. The zero-order valence-electron chi connectivity index (χ0n) is 9.70. The number of carbonyl (C=O) groups is 2. The van der Waals surface area contributed by atoms with E-state index in [9.17, 15) is 9.59 Å². The van der Waals surface area contributed by atoms with Crippen molar-refractivity contribution in [1.29, 1.82) is 0 Å². The summed E-state index contributed by atoms with van der Waals surface area (Å²) in [5.74, 6) is -1.06. The summed E-state index contributed by atoms with van der Waals surface area (Å²) in [5.41, 5.74) is 1.08. The van der Waals surface area contributed by atoms with E-state index in [2.05, 4.69) is 4.99 Å². The first-order valence-corrected chi connectivity index (χ1v) is 5.21. The molecule has 0 saturated carbocycles. The van der Waals surface area contributed by atoms with Crippen molar-refractivity contribution in [2.45, 2.75) is 27.2 Å². The van der Waals surface area contributed by atoms with Crippen LogP contribution in [0.4, 0.5) is 0 Å². The van der Waals surface area contributed by atoms with E-state index in [1.54, 1.807) is 20.8 Å². The number of hydrogen-bond acceptors (Lipinski definition) is 5. The molecule has 1 aliphatic heterocycles. The summed E-state index contributed by atoms with van der Waals surface area (Å²) in [6.45, 7) is 5.70. The molecule has 88 valence electrons. The van der Waals surface area contributed by atoms with Gasteiger partial charge >= 0.3 is 11.9 Å². The van der Waals surface area contributed by atoms with Gasteiger partial charge in [0.25, 0.3) is 0 Å². The lowest BCUT2D eigenvalue weighted by Gasteiger charge is -2.04. The van der Waals surface area contributed by atoms with Crippen LogP contribution < -0.4 is 0 Å². The summed E-state index contributed by atoms with van der Waals surface area (Å²) in [5, 5.41) is 0. The van der Waals surface area contributed by atoms with Crippen molar-refractivity contribution < 1.29 is 19.1 Å². The van der Waals surface area contributed by atoms with Crippen molar-refractivity contribution in [1.82, 2.24) is 0 Å². The first-order chi connectivity index (χ1) is 7.60. The molecule has 0 bridgehead atoms. The Morgan fingerprint density at radius 1 is 1.19 bits per heavy atom. The van der Waals surface area contributed by atoms with Gasteiger partial charge < -0.3 is 9.47 Å². The van der Waals surface area contributed by atoms with Gasteiger partial charge in [0.05, 0.1) is 18.8 Å². The number of nitrogens with zero attached hydrogens (tertiary/aromatic N) is 1. The van der Waals surface area contributed by atoms with E-state index in [1.165, 1.54) is 0 Å². The van der Waals surface area contributed by atoms with Crippen LogP contribution in [0.25, 0.3) is 0 Å². The zero-order chi connectivity index (χ0) is 12.1. The molecule has 0 spiro atoms. The first kappa shape index (κ1) is 12.4. The van der Waals surface area contributed by atoms with E-state index in [-0.39, 0.29) is 24.5 Å². The van der Waals surface area contributed by atoms with Gasteiger partial charge in [-0.25, -0.2) is 14.6 Å². The van der Waals surface area contributed by atoms with Crippen LogP contribution in [0.15, 0.2) is 16.3 Å². The van der Waals surface area contributed by atoms with Gasteiger partial charge in [-0.3, -0.25) is 0 Å². The standard InChI is InChI=1S/C11H15NO4/c1-4-15-10(13)8-6-7(3)12-9(8)11(14)16-5-2/h4-6H2,1-3H3. The van der Waals surface area contributed by atoms with Crippen molar-refractivity contribution in [3.05, 3.63) is 11.3 Å². The summed E-state index contributed by atoms with van der Waals surface area (Å²) in [6, 6.07) is 0. The summed E-state index contributed by atoms with van der Waals surface area (Å²) in [4.78, 5) is 27.1. The molecule has 0 radical (unpaired) electrons. The molecule has 0 aromatic rings. The normalized spacial score (nSPS) is 14.8. The third-order valence-corrected chi connectivity index (χ3v) is 2.01. The molecule has 0 unspecified atom stereocenters. The lowest BCUT2D eigenvalue weighted by molar-refractivity contribution is -0.141. The van der Waals surface area contributed by atoms with Crippen molar-refractivity contribution in [2.75, 3.05) is 13.2 Å². The van der Waals surface area contributed by atoms with Crippen LogP contribution in [0.5, 0.6) is 0 Å². The van der Waals surface area contributed by atoms with Gasteiger partial charge in [0.15, 0.2) is 5.70 Å². The Morgan fingerprint density at radius 2 is 1.75 bits per heavy atom. The van der Waals surface area contributed by atoms with Crippen LogP contribution >= 0.6 is 0 Å². The van der Waals surface area contributed by atoms with Crippen LogP contribution in [0, 0.1) is 0 Å². The van der Waals surface area contributed by atoms with E-state index >= 15 is 0 Å². The van der Waals surface area contributed by atoms with E-state index in [4.69, 9.17) is 9.47 Å². The SMILES string of the molecule is CCOC(=O)C1=C(C(=O)OCC)N=C(C)C1. The third kappa shape index (κ3) is 2.68. The summed E-state index contributed by atoms with van der Waals surface area (Å²) >= 11 is 0. The Balaban J connectivity index is 2.90. The molecule has 0 fully saturated rings. The first-order valence-electron chi connectivity index (χ1n) is 5.21. The van der Waals surface area contributed by atoms with Crippen molar-refractivity contribution in [3.8, 4) is 0 Å². The molecule has 1 aliphatic rings. The molecule has 0 N–H and O–H groups in total. The minimum Gasteiger partial charge on any atom is -0.463 e. The molecule has 1 rings (SSSR count). The smallest absolute Gasteiger partial charge is 0.357 e. The highest BCUT2D eigenvalue weighted by Gasteiger charge is 2.28. The Kier molecular flexibility index (Phi) is 4.22. The molecule has 0 aromatic carbocycles. The predicted octanol–water partition coefficient (Wildman–Crippen LogP) is 1.23. The molecular weight excluding hydrogens is 210 g/mol. The van der Waals surface area contributed by atoms with Gasteiger partial charge in [-0.15, -0.1) is 0 Å². The maximum Gasteiger partial charge on any atom is 0.357 e. The van der Waals surface area contributed by atoms with Crippen molar-refractivity contribution in [2.24, 2.45) is 4.99 Å². The largest absolute Gasteiger partial charge is 0.463 e. The Labute approximate surface area is 94.1 Å². The third-order valence-electron chi connectivity index (χ3n) is 2.01. The lowest BCUT2D eigenvalue weighted by atomic mass is 10.1. The molecule has 0 aliphatic carbocycles. The molecule has 16 heavy (non-hydrogen) atoms. The number of hydrogen-bond donors (Lipinski definition) is 0. The molecule has 0 aromatic heterocycles. The van der Waals surface area contributed by atoms with E-state index in [1.807, 2.05) is 0 Å². The van der Waals surface area contributed by atoms with Crippen LogP contribution in [0.2, 0.25) is 0 Å². The van der Waals surface area contributed by atoms with E-state index in [0.717, 1.165) is 0 Å². The molecule has 5 nitrogen and oxygen atoms in total. The Morgan fingerprint density at radius 3 is 2.31 bits per heavy atom. The number of ether oxygens (including phenoxy) is 2. The number of carbonyl (C=O) groups excluding carboxylic acids is 2. The van der Waals surface area contributed by atoms with Gasteiger partial charge in [0.1, 0.15) is 0 Å². The van der Waals surface area contributed by atoms with Crippen LogP contribution in [-0.2, 0) is 19.1 Å². The highest BCUT2D eigenvalue weighted by molar-refractivity contribution is 6.09. The number of aliphatic imine (C=N–C) groups is 1. The maximum absolute atomic E-state index is 11.5. The second-order valence-electron chi connectivity index (χ2n) is 3.29. The molecule has 0 atom stereocenters. The molecular formula is C11H15NO4. The summed E-state index contributed by atoms with van der Waals surface area (Å²) in [7, 11) is 0. The highest BCUT2D eigenvalue weighted by Crippen LogP contribution is 2.22. The quantitative estimate of drug-likeness (QED) is 0.675. The monoisotopic (exact) mass is 225 g/mol. The number of rotatable bonds is 4. The van der Waals surface area contributed by atoms with Crippen LogP contribution in [-0.4, -0.2) is 30.9 Å².